The highest BCUT2D eigenvalue weighted by molar-refractivity contribution is 7.80. The van der Waals surface area contributed by atoms with Crippen molar-refractivity contribution in [2.24, 2.45) is 0 Å². The Morgan fingerprint density at radius 2 is 1.88 bits per heavy atom. The second kappa shape index (κ2) is 4.62. The second-order valence-electron chi connectivity index (χ2n) is 5.24. The van der Waals surface area contributed by atoms with Gasteiger partial charge in [0.15, 0.2) is 0 Å². The van der Waals surface area contributed by atoms with Crippen LogP contribution in [0.3, 0.4) is 0 Å². The molecule has 0 aliphatic heterocycles. The van der Waals surface area contributed by atoms with E-state index in [1.165, 1.54) is 16.7 Å². The number of rotatable bonds is 3. The van der Waals surface area contributed by atoms with E-state index in [1.54, 1.807) is 6.92 Å². The lowest BCUT2D eigenvalue weighted by Gasteiger charge is -2.28. The van der Waals surface area contributed by atoms with Crippen molar-refractivity contribution in [3.05, 3.63) is 28.8 Å². The van der Waals surface area contributed by atoms with Crippen LogP contribution in [0, 0.1) is 13.8 Å². The number of Topliss-reactive ketones (excluding diaryl/α,β-unsaturated/α-hetero) is 1. The summed E-state index contributed by atoms with van der Waals surface area (Å²) in [5.41, 5.74) is 3.48. The second-order valence-corrected chi connectivity index (χ2v) is 5.72. The minimum atomic E-state index is -0.138. The maximum atomic E-state index is 11.3. The molecule has 0 saturated heterocycles. The summed E-state index contributed by atoms with van der Waals surface area (Å²) < 4.78 is 0. The molecule has 1 aromatic rings. The Labute approximate surface area is 104 Å². The largest absolute Gasteiger partial charge is 0.300 e. The zero-order valence-electron chi connectivity index (χ0n) is 10.7. The van der Waals surface area contributed by atoms with Gasteiger partial charge in [0, 0.05) is 11.3 Å². The Morgan fingerprint density at radius 3 is 2.31 bits per heavy atom. The van der Waals surface area contributed by atoms with Crippen LogP contribution in [0.2, 0.25) is 0 Å². The molecule has 0 saturated carbocycles. The fraction of sp³-hybridized carbons (Fsp3) is 0.500. The monoisotopic (exact) mass is 236 g/mol. The number of hydrogen-bond donors (Lipinski definition) is 1. The number of hydrogen-bond acceptors (Lipinski definition) is 2. The summed E-state index contributed by atoms with van der Waals surface area (Å²) in [6.45, 7) is 10.00. The Morgan fingerprint density at radius 1 is 1.31 bits per heavy atom. The third-order valence-electron chi connectivity index (χ3n) is 2.83. The molecule has 0 fully saturated rings. The summed E-state index contributed by atoms with van der Waals surface area (Å²) in [4.78, 5) is 12.3. The Balaban J connectivity index is 3.27. The third-order valence-corrected chi connectivity index (χ3v) is 3.18. The van der Waals surface area contributed by atoms with Gasteiger partial charge in [-0.3, -0.25) is 4.79 Å². The summed E-state index contributed by atoms with van der Waals surface area (Å²) >= 11 is 4.54. The topological polar surface area (TPSA) is 17.1 Å². The van der Waals surface area contributed by atoms with E-state index in [9.17, 15) is 4.79 Å². The summed E-state index contributed by atoms with van der Waals surface area (Å²) in [7, 11) is 0. The van der Waals surface area contributed by atoms with E-state index in [-0.39, 0.29) is 11.2 Å². The standard InChI is InChI=1S/C14H20OS/c1-9-6-10(2)13(12(16)7-9)14(4,5)8-11(3)15/h6-7,16H,8H2,1-5H3. The lowest BCUT2D eigenvalue weighted by molar-refractivity contribution is -0.118. The van der Waals surface area contributed by atoms with Crippen LogP contribution in [0.25, 0.3) is 0 Å². The van der Waals surface area contributed by atoms with E-state index in [2.05, 4.69) is 52.5 Å². The molecule has 0 atom stereocenters. The molecule has 0 unspecified atom stereocenters. The molecule has 0 aromatic heterocycles. The van der Waals surface area contributed by atoms with Crippen molar-refractivity contribution in [2.45, 2.75) is 51.3 Å². The van der Waals surface area contributed by atoms with E-state index in [0.717, 1.165) is 4.90 Å². The van der Waals surface area contributed by atoms with Gasteiger partial charge in [0.1, 0.15) is 5.78 Å². The van der Waals surface area contributed by atoms with E-state index in [4.69, 9.17) is 0 Å². The molecule has 0 aliphatic carbocycles. The number of ketones is 1. The molecule has 88 valence electrons. The summed E-state index contributed by atoms with van der Waals surface area (Å²) in [6, 6.07) is 4.21. The quantitative estimate of drug-likeness (QED) is 0.789. The van der Waals surface area contributed by atoms with Crippen LogP contribution < -0.4 is 0 Å². The summed E-state index contributed by atoms with van der Waals surface area (Å²) in [5.74, 6) is 0.220. The number of benzene rings is 1. The normalized spacial score (nSPS) is 11.6. The van der Waals surface area contributed by atoms with Gasteiger partial charge >= 0.3 is 0 Å². The third kappa shape index (κ3) is 2.88. The maximum Gasteiger partial charge on any atom is 0.130 e. The predicted octanol–water partition coefficient (Wildman–Crippen LogP) is 3.85. The molecule has 0 aliphatic rings. The number of thiol groups is 1. The van der Waals surface area contributed by atoms with Crippen LogP contribution in [0.5, 0.6) is 0 Å². The fourth-order valence-corrected chi connectivity index (χ4v) is 3.22. The molecule has 0 radical (unpaired) electrons. The lowest BCUT2D eigenvalue weighted by atomic mass is 9.78. The lowest BCUT2D eigenvalue weighted by Crippen LogP contribution is -2.22. The molecule has 0 bridgehead atoms. The predicted molar refractivity (Wildman–Crippen MR) is 71.5 cm³/mol. The Bertz CT molecular complexity index is 396. The van der Waals surface area contributed by atoms with E-state index in [0.29, 0.717) is 6.42 Å². The average molecular weight is 236 g/mol. The first-order valence-corrected chi connectivity index (χ1v) is 5.99. The van der Waals surface area contributed by atoms with Crippen molar-refractivity contribution in [3.8, 4) is 0 Å². The first kappa shape index (κ1) is 13.3. The van der Waals surface area contributed by atoms with Gasteiger partial charge in [0.25, 0.3) is 0 Å². The van der Waals surface area contributed by atoms with Crippen LogP contribution in [0.15, 0.2) is 17.0 Å². The molecule has 1 aromatic carbocycles. The molecule has 0 heterocycles. The number of carbonyl (C=O) groups excluding carboxylic acids is 1. The molecule has 0 amide bonds. The van der Waals surface area contributed by atoms with E-state index < -0.39 is 0 Å². The average Bonchev–Trinajstić information content (AvgIpc) is 1.96. The van der Waals surface area contributed by atoms with Crippen molar-refractivity contribution in [1.82, 2.24) is 0 Å². The Hall–Kier alpha value is -0.760. The minimum Gasteiger partial charge on any atom is -0.300 e. The maximum absolute atomic E-state index is 11.3. The fourth-order valence-electron chi connectivity index (χ4n) is 2.54. The van der Waals surface area contributed by atoms with Gasteiger partial charge in [-0.05, 0) is 48.9 Å². The van der Waals surface area contributed by atoms with Gasteiger partial charge in [-0.2, -0.15) is 0 Å². The number of aryl methyl sites for hydroxylation is 2. The molecule has 2 heteroatoms. The van der Waals surface area contributed by atoms with Gasteiger partial charge < -0.3 is 0 Å². The minimum absolute atomic E-state index is 0.138. The molecule has 0 N–H and O–H groups in total. The zero-order chi connectivity index (χ0) is 12.5. The van der Waals surface area contributed by atoms with E-state index >= 15 is 0 Å². The van der Waals surface area contributed by atoms with E-state index in [1.807, 2.05) is 0 Å². The van der Waals surface area contributed by atoms with Gasteiger partial charge in [-0.15, -0.1) is 12.6 Å². The van der Waals surface area contributed by atoms with Crippen LogP contribution >= 0.6 is 12.6 Å². The van der Waals surface area contributed by atoms with Crippen LogP contribution in [-0.4, -0.2) is 5.78 Å². The Kier molecular flexibility index (Phi) is 3.84. The molecular weight excluding hydrogens is 216 g/mol. The van der Waals surface area contributed by atoms with Gasteiger partial charge in [0.05, 0.1) is 0 Å². The molecule has 1 nitrogen and oxygen atoms in total. The van der Waals surface area contributed by atoms with Gasteiger partial charge in [-0.25, -0.2) is 0 Å². The molecule has 16 heavy (non-hydrogen) atoms. The van der Waals surface area contributed by atoms with Crippen LogP contribution in [-0.2, 0) is 10.2 Å². The van der Waals surface area contributed by atoms with Gasteiger partial charge in [-0.1, -0.05) is 19.9 Å². The van der Waals surface area contributed by atoms with Crippen LogP contribution in [0.4, 0.5) is 0 Å². The van der Waals surface area contributed by atoms with Crippen molar-refractivity contribution < 1.29 is 4.79 Å². The zero-order valence-corrected chi connectivity index (χ0v) is 11.6. The first-order chi connectivity index (χ1) is 7.24. The molecule has 1 rings (SSSR count). The highest BCUT2D eigenvalue weighted by Crippen LogP contribution is 2.35. The van der Waals surface area contributed by atoms with Crippen molar-refractivity contribution in [2.75, 3.05) is 0 Å². The summed E-state index contributed by atoms with van der Waals surface area (Å²) in [5, 5.41) is 0. The smallest absolute Gasteiger partial charge is 0.130 e. The van der Waals surface area contributed by atoms with Crippen molar-refractivity contribution in [1.29, 1.82) is 0 Å². The SMILES string of the molecule is CC(=O)CC(C)(C)c1c(C)cc(C)cc1S. The summed E-state index contributed by atoms with van der Waals surface area (Å²) in [6.07, 6.45) is 0.560. The van der Waals surface area contributed by atoms with Crippen molar-refractivity contribution >= 4 is 18.4 Å². The molecular formula is C14H20OS. The van der Waals surface area contributed by atoms with Crippen molar-refractivity contribution in [3.63, 3.8) is 0 Å². The highest BCUT2D eigenvalue weighted by Gasteiger charge is 2.26. The molecule has 0 spiro atoms. The number of carbonyl (C=O) groups is 1. The van der Waals surface area contributed by atoms with Crippen LogP contribution in [0.1, 0.15) is 43.9 Å². The highest BCUT2D eigenvalue weighted by atomic mass is 32.1. The first-order valence-electron chi connectivity index (χ1n) is 5.54. The van der Waals surface area contributed by atoms with Gasteiger partial charge in [0.2, 0.25) is 0 Å².